The lowest BCUT2D eigenvalue weighted by molar-refractivity contribution is -0.149. The number of carbonyl (C=O) groups excluding carboxylic acids is 1. The molecule has 0 spiro atoms. The largest absolute Gasteiger partial charge is 0.466 e. The molecule has 0 aliphatic heterocycles. The lowest BCUT2D eigenvalue weighted by Crippen LogP contribution is -2.25. The maximum Gasteiger partial charge on any atom is 0.308 e. The number of esters is 1. The zero-order chi connectivity index (χ0) is 15.1. The molecule has 1 aliphatic carbocycles. The second-order valence-electron chi connectivity index (χ2n) is 5.14. The topological polar surface area (TPSA) is 44.1 Å². The normalized spacial score (nSPS) is 21.9. The van der Waals surface area contributed by atoms with Crippen molar-refractivity contribution in [2.75, 3.05) is 6.61 Å². The quantitative estimate of drug-likeness (QED) is 0.791. The van der Waals surface area contributed by atoms with E-state index in [0.717, 1.165) is 31.4 Å². The Balaban J connectivity index is 0.000000956. The van der Waals surface area contributed by atoms with E-state index >= 15 is 0 Å². The van der Waals surface area contributed by atoms with Crippen molar-refractivity contribution in [3.05, 3.63) is 17.5 Å². The second kappa shape index (κ2) is 8.08. The fourth-order valence-electron chi connectivity index (χ4n) is 2.60. The maximum absolute atomic E-state index is 11.7. The number of aromatic nitrogens is 2. The molecule has 114 valence electrons. The molecule has 0 amide bonds. The number of rotatable bonds is 3. The highest BCUT2D eigenvalue weighted by molar-refractivity contribution is 5.72. The van der Waals surface area contributed by atoms with Crippen LogP contribution in [0.25, 0.3) is 0 Å². The maximum atomic E-state index is 11.7. The van der Waals surface area contributed by atoms with Crippen LogP contribution in [0.15, 0.2) is 6.20 Å². The smallest absolute Gasteiger partial charge is 0.308 e. The molecule has 0 radical (unpaired) electrons. The summed E-state index contributed by atoms with van der Waals surface area (Å²) in [5.74, 6) is 0.0720. The number of nitrogens with zero attached hydrogens (tertiary/aromatic N) is 2. The standard InChI is InChI=1S/C14H22N2O2.C2H6/c1-4-18-14(17)12-5-7-13(8-6-12)16-9-10(2)11(3)15-16;1-2/h9,12-13H,4-8H2,1-3H3;1-2H3. The fourth-order valence-corrected chi connectivity index (χ4v) is 2.60. The molecule has 20 heavy (non-hydrogen) atoms. The van der Waals surface area contributed by atoms with Crippen LogP contribution in [0, 0.1) is 19.8 Å². The molecule has 2 rings (SSSR count). The first-order valence-corrected chi connectivity index (χ1v) is 7.80. The van der Waals surface area contributed by atoms with Crippen LogP contribution in [0.5, 0.6) is 0 Å². The van der Waals surface area contributed by atoms with Crippen LogP contribution in [0.4, 0.5) is 0 Å². The molecule has 0 saturated heterocycles. The summed E-state index contributed by atoms with van der Waals surface area (Å²) in [5.41, 5.74) is 2.34. The predicted molar refractivity (Wildman–Crippen MR) is 80.7 cm³/mol. The average Bonchev–Trinajstić information content (AvgIpc) is 2.81. The molecule has 1 saturated carbocycles. The van der Waals surface area contributed by atoms with Crippen LogP contribution >= 0.6 is 0 Å². The molecular formula is C16H28N2O2. The molecular weight excluding hydrogens is 252 g/mol. The van der Waals surface area contributed by atoms with Gasteiger partial charge in [0.05, 0.1) is 24.3 Å². The van der Waals surface area contributed by atoms with Gasteiger partial charge in [0.1, 0.15) is 0 Å². The van der Waals surface area contributed by atoms with E-state index in [-0.39, 0.29) is 11.9 Å². The van der Waals surface area contributed by atoms with Crippen LogP contribution in [-0.2, 0) is 9.53 Å². The fraction of sp³-hybridized carbons (Fsp3) is 0.750. The van der Waals surface area contributed by atoms with Crippen LogP contribution in [0.3, 0.4) is 0 Å². The van der Waals surface area contributed by atoms with Gasteiger partial charge in [-0.15, -0.1) is 0 Å². The summed E-state index contributed by atoms with van der Waals surface area (Å²) < 4.78 is 7.16. The Morgan fingerprint density at radius 1 is 1.30 bits per heavy atom. The third-order valence-electron chi connectivity index (χ3n) is 3.85. The molecule has 1 aromatic rings. The predicted octanol–water partition coefficient (Wildman–Crippen LogP) is 3.82. The van der Waals surface area contributed by atoms with Gasteiger partial charge in [-0.25, -0.2) is 0 Å². The highest BCUT2D eigenvalue weighted by atomic mass is 16.5. The summed E-state index contributed by atoms with van der Waals surface area (Å²) in [6.45, 7) is 10.5. The minimum absolute atomic E-state index is 0.0243. The van der Waals surface area contributed by atoms with Gasteiger partial charge in [-0.3, -0.25) is 9.48 Å². The van der Waals surface area contributed by atoms with Crippen molar-refractivity contribution in [2.24, 2.45) is 5.92 Å². The molecule has 0 unspecified atom stereocenters. The number of hydrogen-bond donors (Lipinski definition) is 0. The van der Waals surface area contributed by atoms with E-state index in [1.165, 1.54) is 5.56 Å². The van der Waals surface area contributed by atoms with Gasteiger partial charge in [0.25, 0.3) is 0 Å². The van der Waals surface area contributed by atoms with E-state index in [4.69, 9.17) is 4.74 Å². The monoisotopic (exact) mass is 280 g/mol. The van der Waals surface area contributed by atoms with Crippen LogP contribution in [0.1, 0.15) is 63.8 Å². The Hall–Kier alpha value is -1.32. The summed E-state index contributed by atoms with van der Waals surface area (Å²) in [5, 5.41) is 4.54. The Labute approximate surface area is 122 Å². The third kappa shape index (κ3) is 4.09. The molecule has 4 heteroatoms. The highest BCUT2D eigenvalue weighted by Gasteiger charge is 2.28. The van der Waals surface area contributed by atoms with Crippen molar-refractivity contribution < 1.29 is 9.53 Å². The van der Waals surface area contributed by atoms with E-state index in [1.807, 2.05) is 27.7 Å². The zero-order valence-electron chi connectivity index (χ0n) is 13.5. The van der Waals surface area contributed by atoms with Crippen LogP contribution in [0.2, 0.25) is 0 Å². The van der Waals surface area contributed by atoms with Gasteiger partial charge in [-0.05, 0) is 52.0 Å². The van der Waals surface area contributed by atoms with Gasteiger partial charge in [-0.2, -0.15) is 5.10 Å². The van der Waals surface area contributed by atoms with Crippen molar-refractivity contribution in [1.29, 1.82) is 0 Å². The lowest BCUT2D eigenvalue weighted by atomic mass is 9.86. The SMILES string of the molecule is CC.CCOC(=O)C1CCC(n2cc(C)c(C)n2)CC1. The Morgan fingerprint density at radius 3 is 2.35 bits per heavy atom. The van der Waals surface area contributed by atoms with Crippen molar-refractivity contribution in [3.63, 3.8) is 0 Å². The lowest BCUT2D eigenvalue weighted by Gasteiger charge is -2.27. The first-order valence-electron chi connectivity index (χ1n) is 7.80. The van der Waals surface area contributed by atoms with Crippen LogP contribution in [-0.4, -0.2) is 22.4 Å². The molecule has 1 heterocycles. The first kappa shape index (κ1) is 16.7. The molecule has 0 bridgehead atoms. The summed E-state index contributed by atoms with van der Waals surface area (Å²) >= 11 is 0. The van der Waals surface area contributed by atoms with Crippen molar-refractivity contribution >= 4 is 5.97 Å². The summed E-state index contributed by atoms with van der Waals surface area (Å²) in [6, 6.07) is 0.447. The number of hydrogen-bond acceptors (Lipinski definition) is 3. The minimum atomic E-state index is -0.0243. The van der Waals surface area contributed by atoms with E-state index < -0.39 is 0 Å². The molecule has 4 nitrogen and oxygen atoms in total. The Bertz CT molecular complexity index is 399. The van der Waals surface area contributed by atoms with E-state index in [9.17, 15) is 4.79 Å². The second-order valence-corrected chi connectivity index (χ2v) is 5.14. The third-order valence-corrected chi connectivity index (χ3v) is 3.85. The molecule has 0 N–H and O–H groups in total. The molecule has 1 aromatic heterocycles. The van der Waals surface area contributed by atoms with Gasteiger partial charge in [0, 0.05) is 6.20 Å². The van der Waals surface area contributed by atoms with Gasteiger partial charge < -0.3 is 4.74 Å². The highest BCUT2D eigenvalue weighted by Crippen LogP contribution is 2.32. The van der Waals surface area contributed by atoms with E-state index in [0.29, 0.717) is 12.6 Å². The summed E-state index contributed by atoms with van der Waals surface area (Å²) in [4.78, 5) is 11.7. The molecule has 0 aromatic carbocycles. The van der Waals surface area contributed by atoms with Crippen molar-refractivity contribution in [2.45, 2.75) is 66.3 Å². The van der Waals surface area contributed by atoms with Crippen molar-refractivity contribution in [3.8, 4) is 0 Å². The molecule has 1 fully saturated rings. The number of ether oxygens (including phenoxy) is 1. The number of aryl methyl sites for hydroxylation is 2. The number of carbonyl (C=O) groups is 1. The summed E-state index contributed by atoms with van der Waals surface area (Å²) in [6.07, 6.45) is 5.99. The van der Waals surface area contributed by atoms with Gasteiger partial charge >= 0.3 is 5.97 Å². The Kier molecular flexibility index (Phi) is 6.76. The molecule has 1 aliphatic rings. The first-order chi connectivity index (χ1) is 9.61. The zero-order valence-corrected chi connectivity index (χ0v) is 13.5. The summed E-state index contributed by atoms with van der Waals surface area (Å²) in [7, 11) is 0. The van der Waals surface area contributed by atoms with E-state index in [1.54, 1.807) is 0 Å². The van der Waals surface area contributed by atoms with Gasteiger partial charge in [0.2, 0.25) is 0 Å². The average molecular weight is 280 g/mol. The molecule has 0 atom stereocenters. The Morgan fingerprint density at radius 2 is 1.90 bits per heavy atom. The van der Waals surface area contributed by atoms with Crippen LogP contribution < -0.4 is 0 Å². The van der Waals surface area contributed by atoms with Gasteiger partial charge in [0.15, 0.2) is 0 Å². The van der Waals surface area contributed by atoms with E-state index in [2.05, 4.69) is 22.9 Å². The minimum Gasteiger partial charge on any atom is -0.466 e. The van der Waals surface area contributed by atoms with Crippen molar-refractivity contribution in [1.82, 2.24) is 9.78 Å². The van der Waals surface area contributed by atoms with Gasteiger partial charge in [-0.1, -0.05) is 13.8 Å².